The molecule has 4 heteroatoms. The molecule has 0 aliphatic rings. The summed E-state index contributed by atoms with van der Waals surface area (Å²) in [6.07, 6.45) is 3.66. The number of ether oxygens (including phenoxy) is 1. The largest absolute Gasteiger partial charge is 0.439 e. The molecule has 2 aromatic rings. The van der Waals surface area contributed by atoms with Crippen molar-refractivity contribution in [1.82, 2.24) is 4.98 Å². The van der Waals surface area contributed by atoms with E-state index >= 15 is 0 Å². The van der Waals surface area contributed by atoms with Gasteiger partial charge in [0.25, 0.3) is 0 Å². The van der Waals surface area contributed by atoms with E-state index < -0.39 is 6.61 Å². The van der Waals surface area contributed by atoms with Gasteiger partial charge in [0.15, 0.2) is 5.78 Å². The molecule has 0 atom stereocenters. The van der Waals surface area contributed by atoms with E-state index in [0.29, 0.717) is 23.1 Å². The van der Waals surface area contributed by atoms with Crippen LogP contribution in [0.4, 0.5) is 0 Å². The zero-order chi connectivity index (χ0) is 15.9. The Balaban J connectivity index is 2.06. The Morgan fingerprint density at radius 1 is 1.14 bits per heavy atom. The molecule has 1 heterocycles. The van der Waals surface area contributed by atoms with Crippen LogP contribution in [-0.2, 0) is 0 Å². The molecule has 0 unspecified atom stereocenters. The van der Waals surface area contributed by atoms with Crippen molar-refractivity contribution in [1.29, 1.82) is 0 Å². The predicted molar refractivity (Wildman–Crippen MR) is 85.5 cm³/mol. The number of pyridine rings is 1. The van der Waals surface area contributed by atoms with Gasteiger partial charge in [0.2, 0.25) is 5.88 Å². The molecule has 1 aromatic heterocycles. The number of Topliss-reactive ketones (excluding diaryl/α,β-unsaturated/α-hetero) is 1. The number of aliphatic hydroxyl groups is 1. The smallest absolute Gasteiger partial charge is 0.219 e. The normalized spacial score (nSPS) is 10.7. The summed E-state index contributed by atoms with van der Waals surface area (Å²) in [6, 6.07) is 11.2. The number of benzene rings is 1. The zero-order valence-corrected chi connectivity index (χ0v) is 13.0. The van der Waals surface area contributed by atoms with Gasteiger partial charge in [0.1, 0.15) is 12.4 Å². The number of hydrogen-bond acceptors (Lipinski definition) is 4. The van der Waals surface area contributed by atoms with Gasteiger partial charge in [-0.3, -0.25) is 4.79 Å². The van der Waals surface area contributed by atoms with Crippen molar-refractivity contribution in [3.8, 4) is 11.6 Å². The van der Waals surface area contributed by atoms with Crippen LogP contribution in [0.25, 0.3) is 0 Å². The summed E-state index contributed by atoms with van der Waals surface area (Å²) >= 11 is 0. The van der Waals surface area contributed by atoms with Crippen LogP contribution in [0.3, 0.4) is 0 Å². The van der Waals surface area contributed by atoms with E-state index in [1.54, 1.807) is 12.1 Å². The number of carbonyl (C=O) groups excluding carboxylic acids is 1. The second-order valence-corrected chi connectivity index (χ2v) is 5.15. The Labute approximate surface area is 130 Å². The molecule has 0 saturated heterocycles. The summed E-state index contributed by atoms with van der Waals surface area (Å²) in [7, 11) is 0. The van der Waals surface area contributed by atoms with Crippen LogP contribution in [0.15, 0.2) is 42.6 Å². The highest BCUT2D eigenvalue weighted by Crippen LogP contribution is 2.26. The maximum absolute atomic E-state index is 11.3. The third-order valence-corrected chi connectivity index (χ3v) is 3.76. The molecule has 0 radical (unpaired) electrons. The van der Waals surface area contributed by atoms with Crippen LogP contribution >= 0.6 is 0 Å². The van der Waals surface area contributed by atoms with Crippen LogP contribution in [0.1, 0.15) is 48.5 Å². The van der Waals surface area contributed by atoms with Crippen LogP contribution in [-0.4, -0.2) is 22.5 Å². The highest BCUT2D eigenvalue weighted by molar-refractivity contribution is 5.96. The molecule has 0 bridgehead atoms. The summed E-state index contributed by atoms with van der Waals surface area (Å²) in [4.78, 5) is 15.4. The lowest BCUT2D eigenvalue weighted by atomic mass is 9.94. The van der Waals surface area contributed by atoms with Gasteiger partial charge < -0.3 is 9.84 Å². The van der Waals surface area contributed by atoms with E-state index in [2.05, 4.69) is 31.0 Å². The van der Waals surface area contributed by atoms with Gasteiger partial charge in [0, 0.05) is 17.8 Å². The average molecular weight is 299 g/mol. The van der Waals surface area contributed by atoms with Crippen LogP contribution in [0.2, 0.25) is 0 Å². The van der Waals surface area contributed by atoms with Gasteiger partial charge in [-0.2, -0.15) is 0 Å². The highest BCUT2D eigenvalue weighted by Gasteiger charge is 2.08. The molecular formula is C18H21NO3. The second kappa shape index (κ2) is 7.71. The van der Waals surface area contributed by atoms with E-state index in [0.717, 1.165) is 12.8 Å². The monoisotopic (exact) mass is 299 g/mol. The van der Waals surface area contributed by atoms with Crippen LogP contribution in [0, 0.1) is 0 Å². The van der Waals surface area contributed by atoms with Crippen molar-refractivity contribution in [2.24, 2.45) is 0 Å². The van der Waals surface area contributed by atoms with Gasteiger partial charge in [-0.05, 0) is 42.5 Å². The predicted octanol–water partition coefficient (Wildman–Crippen LogP) is 3.95. The molecule has 0 spiro atoms. The molecule has 0 saturated carbocycles. The van der Waals surface area contributed by atoms with Gasteiger partial charge in [-0.1, -0.05) is 26.0 Å². The number of aliphatic hydroxyl groups excluding tert-OH is 1. The quantitative estimate of drug-likeness (QED) is 0.786. The maximum Gasteiger partial charge on any atom is 0.219 e. The number of aromatic nitrogens is 1. The first kappa shape index (κ1) is 16.2. The molecule has 0 aliphatic carbocycles. The first-order valence-corrected chi connectivity index (χ1v) is 7.55. The zero-order valence-electron chi connectivity index (χ0n) is 13.0. The molecule has 116 valence electrons. The molecule has 1 N–H and O–H groups in total. The summed E-state index contributed by atoms with van der Waals surface area (Å²) in [5.74, 6) is 1.36. The summed E-state index contributed by atoms with van der Waals surface area (Å²) in [5, 5.41) is 8.80. The molecule has 1 aromatic carbocycles. The van der Waals surface area contributed by atoms with Gasteiger partial charge in [-0.15, -0.1) is 0 Å². The minimum Gasteiger partial charge on any atom is -0.439 e. The van der Waals surface area contributed by atoms with Crippen molar-refractivity contribution in [2.75, 3.05) is 6.61 Å². The fourth-order valence-corrected chi connectivity index (χ4v) is 2.39. The summed E-state index contributed by atoms with van der Waals surface area (Å²) in [6.45, 7) is 3.87. The molecule has 0 amide bonds. The number of rotatable bonds is 7. The van der Waals surface area contributed by atoms with E-state index in [-0.39, 0.29) is 5.78 Å². The average Bonchev–Trinajstić information content (AvgIpc) is 2.57. The van der Waals surface area contributed by atoms with Crippen molar-refractivity contribution in [2.45, 2.75) is 32.6 Å². The van der Waals surface area contributed by atoms with Crippen molar-refractivity contribution < 1.29 is 14.6 Å². The fraction of sp³-hybridized carbons (Fsp3) is 0.333. The Bertz CT molecular complexity index is 601. The van der Waals surface area contributed by atoms with E-state index in [9.17, 15) is 4.79 Å². The molecule has 4 nitrogen and oxygen atoms in total. The second-order valence-electron chi connectivity index (χ2n) is 5.15. The number of hydrogen-bond donors (Lipinski definition) is 1. The van der Waals surface area contributed by atoms with Crippen LogP contribution in [0.5, 0.6) is 11.6 Å². The molecular weight excluding hydrogens is 278 g/mol. The van der Waals surface area contributed by atoms with Crippen LogP contribution < -0.4 is 4.74 Å². The fourth-order valence-electron chi connectivity index (χ4n) is 2.39. The Hall–Kier alpha value is -2.20. The lowest BCUT2D eigenvalue weighted by Crippen LogP contribution is -2.04. The SMILES string of the molecule is CCC(CC)c1ccc(Oc2ccc(C(=O)CO)cn2)cc1. The molecule has 2 rings (SSSR count). The summed E-state index contributed by atoms with van der Waals surface area (Å²) < 4.78 is 5.66. The van der Waals surface area contributed by atoms with E-state index in [1.165, 1.54) is 11.8 Å². The topological polar surface area (TPSA) is 59.4 Å². The van der Waals surface area contributed by atoms with E-state index in [1.807, 2.05) is 12.1 Å². The first-order valence-electron chi connectivity index (χ1n) is 7.55. The number of nitrogens with zero attached hydrogens (tertiary/aromatic N) is 1. The molecule has 22 heavy (non-hydrogen) atoms. The van der Waals surface area contributed by atoms with Crippen molar-refractivity contribution in [3.63, 3.8) is 0 Å². The Morgan fingerprint density at radius 2 is 1.82 bits per heavy atom. The first-order chi connectivity index (χ1) is 10.7. The summed E-state index contributed by atoms with van der Waals surface area (Å²) in [5.41, 5.74) is 1.69. The lowest BCUT2D eigenvalue weighted by molar-refractivity contribution is 0.0903. The molecule has 0 fully saturated rings. The van der Waals surface area contributed by atoms with Gasteiger partial charge in [-0.25, -0.2) is 4.98 Å². The minimum absolute atomic E-state index is 0.353. The van der Waals surface area contributed by atoms with Gasteiger partial charge >= 0.3 is 0 Å². The minimum atomic E-state index is -0.515. The van der Waals surface area contributed by atoms with Crippen molar-refractivity contribution in [3.05, 3.63) is 53.7 Å². The third-order valence-electron chi connectivity index (χ3n) is 3.76. The maximum atomic E-state index is 11.3. The lowest BCUT2D eigenvalue weighted by Gasteiger charge is -2.13. The van der Waals surface area contributed by atoms with Crippen molar-refractivity contribution >= 4 is 5.78 Å². The number of carbonyl (C=O) groups is 1. The Morgan fingerprint density at radius 3 is 2.32 bits per heavy atom. The Kier molecular flexibility index (Phi) is 5.67. The molecule has 0 aliphatic heterocycles. The van der Waals surface area contributed by atoms with E-state index in [4.69, 9.17) is 9.84 Å². The number of ketones is 1. The standard InChI is InChI=1S/C18H21NO3/c1-3-13(4-2)14-5-8-16(9-6-14)22-18-10-7-15(11-19-18)17(21)12-20/h5-11,13,20H,3-4,12H2,1-2H3. The highest BCUT2D eigenvalue weighted by atomic mass is 16.5. The third kappa shape index (κ3) is 3.92. The van der Waals surface area contributed by atoms with Gasteiger partial charge in [0.05, 0.1) is 0 Å².